The summed E-state index contributed by atoms with van der Waals surface area (Å²) >= 11 is 0. The Balaban J connectivity index is 0.00000144. The number of allylic oxidation sites excluding steroid dienone is 3. The molecular weight excluding hydrogens is 285 g/mol. The van der Waals surface area contributed by atoms with Crippen LogP contribution in [0.1, 0.15) is 11.1 Å². The smallest absolute Gasteiger partial charge is 0.0990 e. The van der Waals surface area contributed by atoms with Gasteiger partial charge in [0.25, 0.3) is 0 Å². The SMILES string of the molecule is C=C1C=C[C-]=C(c2ccc(C#N)cc2)N1C.[Y]. The van der Waals surface area contributed by atoms with Gasteiger partial charge in [-0.2, -0.15) is 17.4 Å². The maximum Gasteiger partial charge on any atom is 0.0990 e. The third kappa shape index (κ3) is 2.94. The van der Waals surface area contributed by atoms with Gasteiger partial charge in [-0.1, -0.05) is 30.0 Å². The molecular formula is C14H11N2Y-. The van der Waals surface area contributed by atoms with Crippen LogP contribution >= 0.6 is 0 Å². The molecule has 0 aromatic heterocycles. The normalized spacial score (nSPS) is 13.8. The van der Waals surface area contributed by atoms with Crippen molar-refractivity contribution < 1.29 is 32.7 Å². The molecule has 2 rings (SSSR count). The first kappa shape index (κ1) is 13.9. The van der Waals surface area contributed by atoms with Gasteiger partial charge in [0, 0.05) is 45.3 Å². The summed E-state index contributed by atoms with van der Waals surface area (Å²) in [5.74, 6) is 0. The molecule has 2 nitrogen and oxygen atoms in total. The van der Waals surface area contributed by atoms with Gasteiger partial charge in [-0.3, -0.25) is 0 Å². The maximum absolute atomic E-state index is 8.72. The van der Waals surface area contributed by atoms with E-state index < -0.39 is 0 Å². The predicted octanol–water partition coefficient (Wildman–Crippen LogP) is 2.72. The third-order valence-electron chi connectivity index (χ3n) is 2.55. The first-order valence-electron chi connectivity index (χ1n) is 4.95. The van der Waals surface area contributed by atoms with E-state index in [4.69, 9.17) is 5.26 Å². The Labute approximate surface area is 127 Å². The van der Waals surface area contributed by atoms with Crippen molar-refractivity contribution in [2.45, 2.75) is 0 Å². The second kappa shape index (κ2) is 5.96. The minimum Gasteiger partial charge on any atom is -0.379 e. The third-order valence-corrected chi connectivity index (χ3v) is 2.55. The van der Waals surface area contributed by atoms with Crippen molar-refractivity contribution in [3.05, 3.63) is 65.9 Å². The zero-order valence-corrected chi connectivity index (χ0v) is 12.5. The summed E-state index contributed by atoms with van der Waals surface area (Å²) in [5, 5.41) is 8.72. The van der Waals surface area contributed by atoms with Crippen molar-refractivity contribution in [3.63, 3.8) is 0 Å². The van der Waals surface area contributed by atoms with Gasteiger partial charge in [0.2, 0.25) is 0 Å². The van der Waals surface area contributed by atoms with E-state index in [0.29, 0.717) is 5.56 Å². The van der Waals surface area contributed by atoms with E-state index in [-0.39, 0.29) is 32.7 Å². The fourth-order valence-electron chi connectivity index (χ4n) is 1.55. The molecule has 17 heavy (non-hydrogen) atoms. The Morgan fingerprint density at radius 2 is 1.94 bits per heavy atom. The minimum absolute atomic E-state index is 0. The van der Waals surface area contributed by atoms with E-state index in [0.717, 1.165) is 17.0 Å². The number of nitriles is 1. The zero-order chi connectivity index (χ0) is 11.5. The standard InChI is InChI=1S/C14H11N2.Y/c1-11-4-3-5-14(16(11)2)13-8-6-12(10-15)7-9-13;/h3-4,6-9H,1H2,2H3;/q-1;. The fourth-order valence-corrected chi connectivity index (χ4v) is 1.55. The monoisotopic (exact) mass is 296 g/mol. The number of benzene rings is 1. The van der Waals surface area contributed by atoms with Crippen molar-refractivity contribution in [2.24, 2.45) is 0 Å². The van der Waals surface area contributed by atoms with Gasteiger partial charge in [-0.15, -0.1) is 18.2 Å². The molecule has 0 N–H and O–H groups in total. The molecule has 1 aromatic rings. The van der Waals surface area contributed by atoms with E-state index in [9.17, 15) is 0 Å². The van der Waals surface area contributed by atoms with Gasteiger partial charge < -0.3 is 4.90 Å². The molecule has 0 unspecified atom stereocenters. The molecule has 1 aliphatic rings. The minimum atomic E-state index is 0. The van der Waals surface area contributed by atoms with E-state index in [1.165, 1.54) is 0 Å². The van der Waals surface area contributed by atoms with Crippen LogP contribution in [-0.4, -0.2) is 11.9 Å². The van der Waals surface area contributed by atoms with Crippen LogP contribution in [0.25, 0.3) is 5.70 Å². The van der Waals surface area contributed by atoms with Crippen LogP contribution in [0.2, 0.25) is 0 Å². The molecule has 0 aliphatic carbocycles. The average Bonchev–Trinajstić information content (AvgIpc) is 2.33. The molecule has 1 radical (unpaired) electrons. The first-order valence-corrected chi connectivity index (χ1v) is 4.95. The molecule has 0 bridgehead atoms. The van der Waals surface area contributed by atoms with E-state index in [2.05, 4.69) is 18.7 Å². The second-order valence-electron chi connectivity index (χ2n) is 3.57. The van der Waals surface area contributed by atoms with Crippen molar-refractivity contribution in [2.75, 3.05) is 7.05 Å². The fraction of sp³-hybridized carbons (Fsp3) is 0.0714. The van der Waals surface area contributed by atoms with Crippen molar-refractivity contribution in [1.29, 1.82) is 5.26 Å². The topological polar surface area (TPSA) is 27.0 Å². The van der Waals surface area contributed by atoms with Gasteiger partial charge in [0.15, 0.2) is 0 Å². The van der Waals surface area contributed by atoms with Crippen LogP contribution in [0.15, 0.2) is 48.7 Å². The van der Waals surface area contributed by atoms with Crippen LogP contribution in [0.3, 0.4) is 0 Å². The van der Waals surface area contributed by atoms with Gasteiger partial charge in [-0.25, -0.2) is 0 Å². The molecule has 0 saturated heterocycles. The Morgan fingerprint density at radius 3 is 2.53 bits per heavy atom. The Morgan fingerprint density at radius 1 is 1.29 bits per heavy atom. The quantitative estimate of drug-likeness (QED) is 0.745. The summed E-state index contributed by atoms with van der Waals surface area (Å²) in [6.07, 6.45) is 6.94. The first-order chi connectivity index (χ1) is 7.72. The Kier molecular flexibility index (Phi) is 4.87. The number of nitrogens with zero attached hydrogens (tertiary/aromatic N) is 2. The van der Waals surface area contributed by atoms with Gasteiger partial charge in [0.05, 0.1) is 6.07 Å². The van der Waals surface area contributed by atoms with Crippen LogP contribution < -0.4 is 0 Å². The number of likely N-dealkylation sites (N-methyl/N-ethyl adjacent to an activating group) is 1. The second-order valence-corrected chi connectivity index (χ2v) is 3.57. The molecule has 1 heterocycles. The maximum atomic E-state index is 8.72. The summed E-state index contributed by atoms with van der Waals surface area (Å²) in [6.45, 7) is 3.93. The summed E-state index contributed by atoms with van der Waals surface area (Å²) in [7, 11) is 1.95. The molecule has 0 spiro atoms. The van der Waals surface area contributed by atoms with Crippen molar-refractivity contribution in [3.8, 4) is 6.07 Å². The summed E-state index contributed by atoms with van der Waals surface area (Å²) < 4.78 is 0. The number of hydrogen-bond acceptors (Lipinski definition) is 2. The van der Waals surface area contributed by atoms with Crippen LogP contribution in [0.5, 0.6) is 0 Å². The van der Waals surface area contributed by atoms with E-state index in [1.54, 1.807) is 12.1 Å². The van der Waals surface area contributed by atoms with Gasteiger partial charge in [0.1, 0.15) is 0 Å². The average molecular weight is 296 g/mol. The van der Waals surface area contributed by atoms with Gasteiger partial charge >= 0.3 is 0 Å². The molecule has 1 aromatic carbocycles. The van der Waals surface area contributed by atoms with Crippen molar-refractivity contribution in [1.82, 2.24) is 4.90 Å². The molecule has 81 valence electrons. The van der Waals surface area contributed by atoms with Crippen LogP contribution in [0, 0.1) is 17.4 Å². The molecule has 3 heteroatoms. The van der Waals surface area contributed by atoms with E-state index in [1.807, 2.05) is 36.2 Å². The largest absolute Gasteiger partial charge is 0.379 e. The molecule has 0 saturated carbocycles. The van der Waals surface area contributed by atoms with Gasteiger partial charge in [-0.05, 0) is 5.70 Å². The summed E-state index contributed by atoms with van der Waals surface area (Å²) in [5.41, 5.74) is 3.60. The van der Waals surface area contributed by atoms with Crippen LogP contribution in [-0.2, 0) is 32.7 Å². The number of rotatable bonds is 1. The zero-order valence-electron chi connectivity index (χ0n) is 9.64. The number of hydrogen-bond donors (Lipinski definition) is 0. The Hall–Kier alpha value is -1.17. The Bertz CT molecular complexity index is 518. The van der Waals surface area contributed by atoms with Crippen molar-refractivity contribution >= 4 is 5.70 Å². The molecule has 1 aliphatic heterocycles. The predicted molar refractivity (Wildman–Crippen MR) is 63.9 cm³/mol. The molecule has 0 atom stereocenters. The van der Waals surface area contributed by atoms with E-state index >= 15 is 0 Å². The summed E-state index contributed by atoms with van der Waals surface area (Å²) in [4.78, 5) is 1.97. The van der Waals surface area contributed by atoms with Crippen LogP contribution in [0.4, 0.5) is 0 Å². The molecule has 0 fully saturated rings. The summed E-state index contributed by atoms with van der Waals surface area (Å²) in [6, 6.07) is 9.55. The molecule has 0 amide bonds.